The largest absolute Gasteiger partial charge is 0.0654 e. The van der Waals surface area contributed by atoms with Gasteiger partial charge in [-0.3, -0.25) is 0 Å². The van der Waals surface area contributed by atoms with Gasteiger partial charge in [-0.25, -0.2) is 0 Å². The zero-order valence-electron chi connectivity index (χ0n) is 16.1. The van der Waals surface area contributed by atoms with Crippen molar-refractivity contribution in [1.82, 2.24) is 0 Å². The summed E-state index contributed by atoms with van der Waals surface area (Å²) in [6, 6.07) is 0. The van der Waals surface area contributed by atoms with Crippen LogP contribution in [0.1, 0.15) is 112 Å². The third-order valence-corrected chi connectivity index (χ3v) is 5.55. The molecule has 0 aliphatic rings. The van der Waals surface area contributed by atoms with Gasteiger partial charge in [0.2, 0.25) is 0 Å². The lowest BCUT2D eigenvalue weighted by Gasteiger charge is -2.22. The van der Waals surface area contributed by atoms with Crippen LogP contribution in [0.25, 0.3) is 0 Å². The summed E-state index contributed by atoms with van der Waals surface area (Å²) in [5, 5.41) is 0. The number of hydrogen-bond donors (Lipinski definition) is 0. The molecule has 0 nitrogen and oxygen atoms in total. The molecule has 0 radical (unpaired) electrons. The van der Waals surface area contributed by atoms with Crippen LogP contribution in [0.3, 0.4) is 0 Å². The van der Waals surface area contributed by atoms with E-state index in [-0.39, 0.29) is 0 Å². The van der Waals surface area contributed by atoms with Crippen molar-refractivity contribution < 1.29 is 0 Å². The van der Waals surface area contributed by atoms with Gasteiger partial charge in [-0.2, -0.15) is 0 Å². The highest BCUT2D eigenvalue weighted by Gasteiger charge is 2.14. The van der Waals surface area contributed by atoms with Gasteiger partial charge in [0.25, 0.3) is 0 Å². The third kappa shape index (κ3) is 12.2. The van der Waals surface area contributed by atoms with Crippen molar-refractivity contribution in [2.45, 2.75) is 112 Å². The molecule has 0 heterocycles. The molecule has 0 aromatic heterocycles. The molecule has 0 spiro atoms. The monoisotopic (exact) mass is 296 g/mol. The first-order chi connectivity index (χ1) is 10.0. The average Bonchev–Trinajstić information content (AvgIpc) is 2.48. The molecule has 21 heavy (non-hydrogen) atoms. The van der Waals surface area contributed by atoms with Crippen LogP contribution in [0.5, 0.6) is 0 Å². The Kier molecular flexibility index (Phi) is 13.6. The van der Waals surface area contributed by atoms with Crippen LogP contribution < -0.4 is 0 Å². The Morgan fingerprint density at radius 2 is 0.952 bits per heavy atom. The Labute approximate surface area is 136 Å². The molecule has 0 heteroatoms. The van der Waals surface area contributed by atoms with Crippen molar-refractivity contribution >= 4 is 0 Å². The Bertz CT molecular complexity index is 208. The van der Waals surface area contributed by atoms with E-state index >= 15 is 0 Å². The van der Waals surface area contributed by atoms with E-state index in [9.17, 15) is 0 Å². The van der Waals surface area contributed by atoms with Crippen molar-refractivity contribution in [3.05, 3.63) is 0 Å². The highest BCUT2D eigenvalue weighted by Crippen LogP contribution is 2.26. The molecular weight excluding hydrogens is 252 g/mol. The molecule has 0 aliphatic heterocycles. The molecule has 0 aromatic rings. The molecule has 0 aliphatic carbocycles. The van der Waals surface area contributed by atoms with E-state index in [1.165, 1.54) is 70.6 Å². The predicted molar refractivity (Wildman–Crippen MR) is 98.8 cm³/mol. The Hall–Kier alpha value is 0. The fraction of sp³-hybridized carbons (Fsp3) is 1.00. The zero-order chi connectivity index (χ0) is 16.1. The van der Waals surface area contributed by atoms with Crippen LogP contribution in [-0.2, 0) is 0 Å². The number of hydrogen-bond acceptors (Lipinski definition) is 0. The van der Waals surface area contributed by atoms with Crippen LogP contribution in [0.15, 0.2) is 0 Å². The number of unbranched alkanes of at least 4 members (excludes halogenated alkanes) is 3. The quantitative estimate of drug-likeness (QED) is 0.286. The average molecular weight is 297 g/mol. The molecule has 0 bridgehead atoms. The summed E-state index contributed by atoms with van der Waals surface area (Å²) in [7, 11) is 0. The van der Waals surface area contributed by atoms with Crippen molar-refractivity contribution in [3.63, 3.8) is 0 Å². The minimum Gasteiger partial charge on any atom is -0.0654 e. The van der Waals surface area contributed by atoms with Crippen LogP contribution in [0.2, 0.25) is 0 Å². The van der Waals surface area contributed by atoms with E-state index < -0.39 is 0 Å². The summed E-state index contributed by atoms with van der Waals surface area (Å²) < 4.78 is 0. The lowest BCUT2D eigenvalue weighted by Crippen LogP contribution is -2.10. The molecule has 0 saturated heterocycles. The summed E-state index contributed by atoms with van der Waals surface area (Å²) in [6.07, 6.45) is 15.6. The maximum atomic E-state index is 2.47. The van der Waals surface area contributed by atoms with Gasteiger partial charge < -0.3 is 0 Å². The van der Waals surface area contributed by atoms with E-state index in [1.807, 2.05) is 0 Å². The van der Waals surface area contributed by atoms with Crippen molar-refractivity contribution in [2.75, 3.05) is 0 Å². The number of rotatable bonds is 14. The normalized spacial score (nSPS) is 17.4. The Balaban J connectivity index is 3.66. The Morgan fingerprint density at radius 1 is 0.476 bits per heavy atom. The smallest absolute Gasteiger partial charge is 0.0417 e. The topological polar surface area (TPSA) is 0 Å². The van der Waals surface area contributed by atoms with Gasteiger partial charge >= 0.3 is 0 Å². The highest BCUT2D eigenvalue weighted by molar-refractivity contribution is 4.65. The molecule has 0 N–H and O–H groups in total. The lowest BCUT2D eigenvalue weighted by atomic mass is 9.84. The summed E-state index contributed by atoms with van der Waals surface area (Å²) in [5.41, 5.74) is 0. The van der Waals surface area contributed by atoms with E-state index in [2.05, 4.69) is 41.5 Å². The van der Waals surface area contributed by atoms with Crippen molar-refractivity contribution in [2.24, 2.45) is 23.7 Å². The van der Waals surface area contributed by atoms with Gasteiger partial charge in [-0.15, -0.1) is 0 Å². The van der Waals surface area contributed by atoms with Crippen molar-refractivity contribution in [3.8, 4) is 0 Å². The minimum absolute atomic E-state index is 0.918. The second-order valence-electron chi connectivity index (χ2n) is 7.96. The first-order valence-electron chi connectivity index (χ1n) is 10.0. The second-order valence-corrected chi connectivity index (χ2v) is 7.96. The summed E-state index contributed by atoms with van der Waals surface area (Å²) in [5.74, 6) is 3.71. The first-order valence-corrected chi connectivity index (χ1v) is 10.0. The third-order valence-electron chi connectivity index (χ3n) is 5.55. The molecule has 4 unspecified atom stereocenters. The van der Waals surface area contributed by atoms with Gasteiger partial charge in [0.15, 0.2) is 0 Å². The fourth-order valence-corrected chi connectivity index (χ4v) is 3.24. The van der Waals surface area contributed by atoms with E-state index in [4.69, 9.17) is 0 Å². The van der Waals surface area contributed by atoms with Gasteiger partial charge in [0.1, 0.15) is 0 Å². The van der Waals surface area contributed by atoms with Crippen LogP contribution >= 0.6 is 0 Å². The maximum absolute atomic E-state index is 2.47. The maximum Gasteiger partial charge on any atom is -0.0417 e. The van der Waals surface area contributed by atoms with Crippen LogP contribution in [0, 0.1) is 23.7 Å². The lowest BCUT2D eigenvalue weighted by molar-refractivity contribution is 0.298. The molecule has 0 aromatic carbocycles. The molecule has 4 atom stereocenters. The molecule has 0 fully saturated rings. The first kappa shape index (κ1) is 21.0. The van der Waals surface area contributed by atoms with Gasteiger partial charge in [0.05, 0.1) is 0 Å². The zero-order valence-corrected chi connectivity index (χ0v) is 16.1. The molecule has 0 amide bonds. The van der Waals surface area contributed by atoms with Gasteiger partial charge in [0, 0.05) is 0 Å². The van der Waals surface area contributed by atoms with E-state index in [1.54, 1.807) is 0 Å². The standard InChI is InChI=1S/C21H44/c1-7-9-11-12-18(3)14-15-19(4)16-17-21(6)20(5)13-10-8-2/h18-21H,7-17H2,1-6H3. The SMILES string of the molecule is CCCCCC(C)CCC(C)CCC(C)C(C)CCCC. The van der Waals surface area contributed by atoms with E-state index in [0.29, 0.717) is 0 Å². The van der Waals surface area contributed by atoms with Crippen LogP contribution in [-0.4, -0.2) is 0 Å². The predicted octanol–water partition coefficient (Wildman–Crippen LogP) is 7.86. The van der Waals surface area contributed by atoms with Crippen LogP contribution in [0.4, 0.5) is 0 Å². The minimum atomic E-state index is 0.918. The molecule has 128 valence electrons. The van der Waals surface area contributed by atoms with Gasteiger partial charge in [-0.05, 0) is 23.7 Å². The van der Waals surface area contributed by atoms with Gasteiger partial charge in [-0.1, -0.05) is 112 Å². The summed E-state index contributed by atoms with van der Waals surface area (Å²) >= 11 is 0. The van der Waals surface area contributed by atoms with Crippen molar-refractivity contribution in [1.29, 1.82) is 0 Å². The molecular formula is C21H44. The van der Waals surface area contributed by atoms with E-state index in [0.717, 1.165) is 23.7 Å². The molecule has 0 rings (SSSR count). The Morgan fingerprint density at radius 3 is 1.52 bits per heavy atom. The fourth-order valence-electron chi connectivity index (χ4n) is 3.24. The summed E-state index contributed by atoms with van der Waals surface area (Å²) in [6.45, 7) is 14.5. The highest BCUT2D eigenvalue weighted by atomic mass is 14.2. The second kappa shape index (κ2) is 13.6. The summed E-state index contributed by atoms with van der Waals surface area (Å²) in [4.78, 5) is 0. The molecule has 0 saturated carbocycles.